The van der Waals surface area contributed by atoms with E-state index in [9.17, 15) is 18.0 Å². The summed E-state index contributed by atoms with van der Waals surface area (Å²) in [7, 11) is 3.39. The van der Waals surface area contributed by atoms with Gasteiger partial charge in [-0.05, 0) is 89.5 Å². The minimum atomic E-state index is -4.33. The van der Waals surface area contributed by atoms with Crippen molar-refractivity contribution in [1.29, 1.82) is 0 Å². The number of carbonyl (C=O) groups is 2. The lowest BCUT2D eigenvalue weighted by molar-refractivity contribution is -0.117. The highest BCUT2D eigenvalue weighted by Gasteiger charge is 2.31. The summed E-state index contributed by atoms with van der Waals surface area (Å²) in [4.78, 5) is 30.1. The molecule has 4 aromatic rings. The van der Waals surface area contributed by atoms with E-state index >= 15 is 0 Å². The largest absolute Gasteiger partial charge is 0.397 e. The summed E-state index contributed by atoms with van der Waals surface area (Å²) < 4.78 is 29.8. The highest BCUT2D eigenvalue weighted by Crippen LogP contribution is 2.45. The van der Waals surface area contributed by atoms with Crippen molar-refractivity contribution in [3.63, 3.8) is 0 Å². The number of hydrogen-bond acceptors (Lipinski definition) is 8. The molecule has 256 valence electrons. The number of rotatable bonds is 14. The molecule has 0 unspecified atom stereocenters. The van der Waals surface area contributed by atoms with E-state index in [-0.39, 0.29) is 80.7 Å². The third-order valence-electron chi connectivity index (χ3n) is 7.65. The number of anilines is 4. The fraction of sp³-hybridized carbons (Fsp3) is 0.278. The number of amides is 2. The zero-order chi connectivity index (χ0) is 34.1. The average molecular weight is 693 g/mol. The molecule has 0 radical (unpaired) electrons. The van der Waals surface area contributed by atoms with Gasteiger partial charge in [0.15, 0.2) is 0 Å². The first-order valence-electron chi connectivity index (χ1n) is 15.5. The first-order chi connectivity index (χ1) is 22.4. The molecule has 0 heterocycles. The van der Waals surface area contributed by atoms with E-state index < -0.39 is 9.84 Å². The highest BCUT2D eigenvalue weighted by molar-refractivity contribution is 7.91. The molecule has 4 aromatic carbocycles. The molecule has 0 saturated heterocycles. The molecule has 6 N–H and O–H groups in total. The molecule has 0 saturated carbocycles. The summed E-state index contributed by atoms with van der Waals surface area (Å²) in [6.45, 7) is 1.44. The quantitative estimate of drug-likeness (QED) is 0.118. The molecule has 48 heavy (non-hydrogen) atoms. The van der Waals surface area contributed by atoms with Crippen molar-refractivity contribution in [2.75, 3.05) is 63.4 Å². The Morgan fingerprint density at radius 1 is 0.604 bits per heavy atom. The van der Waals surface area contributed by atoms with Gasteiger partial charge in [-0.15, -0.1) is 12.4 Å². The summed E-state index contributed by atoms with van der Waals surface area (Å²) in [6.07, 6.45) is 1.70. The third kappa shape index (κ3) is 9.35. The van der Waals surface area contributed by atoms with Crippen LogP contribution >= 0.6 is 12.4 Å². The van der Waals surface area contributed by atoms with Crippen LogP contribution < -0.4 is 22.1 Å². The first kappa shape index (κ1) is 38.0. The van der Waals surface area contributed by atoms with Gasteiger partial charge in [0.25, 0.3) is 0 Å². The maximum atomic E-state index is 14.9. The number of nitrogens with zero attached hydrogens (tertiary/aromatic N) is 2. The monoisotopic (exact) mass is 692 g/mol. The van der Waals surface area contributed by atoms with E-state index in [2.05, 4.69) is 10.6 Å². The fourth-order valence-electron chi connectivity index (χ4n) is 5.33. The molecule has 0 aromatic heterocycles. The molecule has 2 amide bonds. The van der Waals surface area contributed by atoms with Gasteiger partial charge < -0.3 is 31.9 Å². The van der Waals surface area contributed by atoms with Gasteiger partial charge in [-0.1, -0.05) is 60.7 Å². The second kappa shape index (κ2) is 17.1. The van der Waals surface area contributed by atoms with Gasteiger partial charge >= 0.3 is 0 Å². The van der Waals surface area contributed by atoms with Crippen LogP contribution in [-0.2, 0) is 19.4 Å². The summed E-state index contributed by atoms with van der Waals surface area (Å²) in [5.74, 6) is -0.552. The van der Waals surface area contributed by atoms with Crippen LogP contribution in [0.1, 0.15) is 25.7 Å². The molecule has 0 spiro atoms. The summed E-state index contributed by atoms with van der Waals surface area (Å²) in [5, 5.41) is 5.82. The number of sulfone groups is 1. The van der Waals surface area contributed by atoms with E-state index in [1.807, 2.05) is 50.1 Å². The van der Waals surface area contributed by atoms with Gasteiger partial charge in [0.05, 0.1) is 32.5 Å². The molecule has 0 bridgehead atoms. The molecule has 0 aliphatic carbocycles. The summed E-state index contributed by atoms with van der Waals surface area (Å²) >= 11 is 0. The van der Waals surface area contributed by atoms with Crippen LogP contribution in [0.3, 0.4) is 0 Å². The topological polar surface area (TPSA) is 151 Å². The van der Waals surface area contributed by atoms with Gasteiger partial charge in [0.2, 0.25) is 21.7 Å². The van der Waals surface area contributed by atoms with E-state index in [0.29, 0.717) is 24.0 Å². The van der Waals surface area contributed by atoms with Crippen molar-refractivity contribution in [1.82, 2.24) is 9.80 Å². The van der Waals surface area contributed by atoms with Crippen molar-refractivity contribution >= 4 is 56.8 Å². The Labute approximate surface area is 289 Å². The van der Waals surface area contributed by atoms with E-state index in [4.69, 9.17) is 11.5 Å². The van der Waals surface area contributed by atoms with Gasteiger partial charge in [-0.25, -0.2) is 8.42 Å². The lowest BCUT2D eigenvalue weighted by atomic mass is 10.0. The second-order valence-electron chi connectivity index (χ2n) is 12.0. The zero-order valence-electron chi connectivity index (χ0n) is 27.8. The van der Waals surface area contributed by atoms with Crippen molar-refractivity contribution < 1.29 is 18.0 Å². The molecular weight excluding hydrogens is 648 g/mol. The maximum absolute atomic E-state index is 14.9. The third-order valence-corrected chi connectivity index (χ3v) is 9.49. The molecule has 0 fully saturated rings. The average Bonchev–Trinajstić information content (AvgIpc) is 3.03. The lowest BCUT2D eigenvalue weighted by Gasteiger charge is -2.22. The van der Waals surface area contributed by atoms with Crippen molar-refractivity contribution in [2.45, 2.75) is 35.5 Å². The van der Waals surface area contributed by atoms with Crippen LogP contribution in [0.15, 0.2) is 94.7 Å². The number of nitrogens with one attached hydrogen (secondary N) is 2. The van der Waals surface area contributed by atoms with Crippen molar-refractivity contribution in [3.8, 4) is 22.3 Å². The fourth-order valence-corrected chi connectivity index (χ4v) is 7.04. The molecule has 0 aliphatic rings. The number of hydrogen-bond donors (Lipinski definition) is 4. The lowest BCUT2D eigenvalue weighted by Crippen LogP contribution is -2.19. The minimum Gasteiger partial charge on any atom is -0.397 e. The van der Waals surface area contributed by atoms with Crippen molar-refractivity contribution in [3.05, 3.63) is 84.9 Å². The van der Waals surface area contributed by atoms with Crippen LogP contribution in [0.5, 0.6) is 0 Å². The Kier molecular flexibility index (Phi) is 13.6. The van der Waals surface area contributed by atoms with E-state index in [1.165, 1.54) is 24.3 Å². The number of carbonyl (C=O) groups excluding carboxylic acids is 2. The second-order valence-corrected chi connectivity index (χ2v) is 13.8. The Bertz CT molecular complexity index is 1690. The zero-order valence-corrected chi connectivity index (χ0v) is 29.5. The SMILES string of the molecule is CN(C)CCCC(=O)Nc1c(N)ccc(S(=O)(=O)c2ccc(N)c(NC(=O)CCCN(C)C)c2-c2ccccc2)c1-c1ccccc1.Cl. The first-order valence-corrected chi connectivity index (χ1v) is 17.0. The van der Waals surface area contributed by atoms with E-state index in [1.54, 1.807) is 48.5 Å². The van der Waals surface area contributed by atoms with Crippen molar-refractivity contribution in [2.24, 2.45) is 0 Å². The Morgan fingerprint density at radius 2 is 0.958 bits per heavy atom. The van der Waals surface area contributed by atoms with Crippen LogP contribution in [0, 0.1) is 0 Å². The molecule has 0 atom stereocenters. The van der Waals surface area contributed by atoms with Crippen LogP contribution in [0.4, 0.5) is 22.7 Å². The number of nitrogens with two attached hydrogens (primary N) is 2. The van der Waals surface area contributed by atoms with E-state index in [0.717, 1.165) is 13.1 Å². The summed E-state index contributed by atoms with van der Waals surface area (Å²) in [5.41, 5.74) is 15.4. The smallest absolute Gasteiger partial charge is 0.224 e. The molecule has 0 aliphatic heterocycles. The summed E-state index contributed by atoms with van der Waals surface area (Å²) in [6, 6.07) is 23.8. The van der Waals surface area contributed by atoms with Crippen LogP contribution in [-0.4, -0.2) is 71.3 Å². The van der Waals surface area contributed by atoms with Crippen LogP contribution in [0.25, 0.3) is 22.3 Å². The maximum Gasteiger partial charge on any atom is 0.224 e. The Balaban J connectivity index is 0.00000625. The Morgan fingerprint density at radius 3 is 1.29 bits per heavy atom. The number of nitrogen functional groups attached to an aromatic ring is 2. The molecule has 4 rings (SSSR count). The Hall–Kier alpha value is -4.42. The minimum absolute atomic E-state index is 0. The predicted octanol–water partition coefficient (Wildman–Crippen LogP) is 6.00. The highest BCUT2D eigenvalue weighted by atomic mass is 35.5. The normalized spacial score (nSPS) is 11.3. The van der Waals surface area contributed by atoms with Gasteiger partial charge in [0, 0.05) is 24.0 Å². The molecule has 12 heteroatoms. The van der Waals surface area contributed by atoms with Crippen LogP contribution in [0.2, 0.25) is 0 Å². The molecule has 10 nitrogen and oxygen atoms in total. The number of halogens is 1. The van der Waals surface area contributed by atoms with Gasteiger partial charge in [-0.3, -0.25) is 9.59 Å². The standard InChI is InChI=1S/C36H44N6O4S.ClH/c1-41(2)23-11-17-31(43)39-35-27(37)19-21-29(33(35)25-13-7-5-8-14-25)47(45,46)30-22-20-28(38)36(34(30)26-15-9-6-10-16-26)40-32(44)18-12-24-42(3)4;/h5-10,13-16,19-22H,11-12,17-18,23-24,37-38H2,1-4H3,(H,39,43)(H,40,44);1H. The number of benzene rings is 4. The molecular formula is C36H45ClN6O4S. The predicted molar refractivity (Wildman–Crippen MR) is 198 cm³/mol. The van der Waals surface area contributed by atoms with Gasteiger partial charge in [0.1, 0.15) is 0 Å². The van der Waals surface area contributed by atoms with Gasteiger partial charge in [-0.2, -0.15) is 0 Å².